The van der Waals surface area contributed by atoms with Gasteiger partial charge in [-0.1, -0.05) is 70.9 Å². The number of allylic oxidation sites excluding steroid dienone is 1. The van der Waals surface area contributed by atoms with E-state index < -0.39 is 0 Å². The zero-order valence-electron chi connectivity index (χ0n) is 10.7. The maximum Gasteiger partial charge on any atom is 0.0223 e. The molecule has 1 heteroatoms. The summed E-state index contributed by atoms with van der Waals surface area (Å²) in [6.45, 7) is 4.46. The average molecular weight is 211 g/mol. The molecule has 0 rings (SSSR count). The molecule has 0 saturated carbocycles. The summed E-state index contributed by atoms with van der Waals surface area (Å²) in [5, 5.41) is 0. The van der Waals surface area contributed by atoms with Crippen LogP contribution in [0.3, 0.4) is 0 Å². The first-order valence-electron chi connectivity index (χ1n) is 6.73. The molecular weight excluding hydrogens is 182 g/mol. The molecule has 1 atom stereocenters. The lowest BCUT2D eigenvalue weighted by molar-refractivity contribution is 0.570. The van der Waals surface area contributed by atoms with Crippen LogP contribution in [-0.2, 0) is 0 Å². The van der Waals surface area contributed by atoms with Gasteiger partial charge in [-0.2, -0.15) is 0 Å². The van der Waals surface area contributed by atoms with E-state index in [0.717, 1.165) is 6.42 Å². The summed E-state index contributed by atoms with van der Waals surface area (Å²) >= 11 is 0. The smallest absolute Gasteiger partial charge is 0.0223 e. The quantitative estimate of drug-likeness (QED) is 0.420. The second-order valence-electron chi connectivity index (χ2n) is 4.44. The van der Waals surface area contributed by atoms with E-state index in [-0.39, 0.29) is 0 Å². The average Bonchev–Trinajstić information content (AvgIpc) is 2.23. The van der Waals surface area contributed by atoms with Gasteiger partial charge in [0, 0.05) is 6.04 Å². The second-order valence-corrected chi connectivity index (χ2v) is 4.44. The van der Waals surface area contributed by atoms with E-state index >= 15 is 0 Å². The molecule has 2 N–H and O–H groups in total. The number of rotatable bonds is 10. The SMILES string of the molecule is CCC/C=C\C(N)CCCCCCCC. The van der Waals surface area contributed by atoms with Crippen LogP contribution in [0.4, 0.5) is 0 Å². The highest BCUT2D eigenvalue weighted by atomic mass is 14.6. The van der Waals surface area contributed by atoms with Crippen molar-refractivity contribution in [1.29, 1.82) is 0 Å². The highest BCUT2D eigenvalue weighted by Gasteiger charge is 1.96. The number of unbranched alkanes of at least 4 members (excludes halogenated alkanes) is 6. The molecule has 0 spiro atoms. The minimum absolute atomic E-state index is 0.294. The molecule has 0 aliphatic rings. The summed E-state index contributed by atoms with van der Waals surface area (Å²) < 4.78 is 0. The predicted molar refractivity (Wildman–Crippen MR) is 70.0 cm³/mol. The van der Waals surface area contributed by atoms with Crippen molar-refractivity contribution in [2.24, 2.45) is 5.73 Å². The van der Waals surface area contributed by atoms with E-state index in [0.29, 0.717) is 6.04 Å². The Balaban J connectivity index is 3.19. The Kier molecular flexibility index (Phi) is 11.5. The van der Waals surface area contributed by atoms with Crippen molar-refractivity contribution in [2.75, 3.05) is 0 Å². The fraction of sp³-hybridized carbons (Fsp3) is 0.857. The third-order valence-electron chi connectivity index (χ3n) is 2.73. The summed E-state index contributed by atoms with van der Waals surface area (Å²) in [6, 6.07) is 0.294. The van der Waals surface area contributed by atoms with Crippen LogP contribution in [0.2, 0.25) is 0 Å². The van der Waals surface area contributed by atoms with Gasteiger partial charge in [0.1, 0.15) is 0 Å². The number of hydrogen-bond acceptors (Lipinski definition) is 1. The van der Waals surface area contributed by atoms with Crippen LogP contribution in [0.5, 0.6) is 0 Å². The van der Waals surface area contributed by atoms with Gasteiger partial charge in [-0.25, -0.2) is 0 Å². The van der Waals surface area contributed by atoms with E-state index in [9.17, 15) is 0 Å². The summed E-state index contributed by atoms with van der Waals surface area (Å²) in [5.74, 6) is 0. The molecule has 1 nitrogen and oxygen atoms in total. The predicted octanol–water partition coefficient (Wildman–Crippen LogP) is 4.42. The molecule has 0 radical (unpaired) electrons. The third kappa shape index (κ3) is 11.6. The lowest BCUT2D eigenvalue weighted by Gasteiger charge is -2.05. The van der Waals surface area contributed by atoms with Crippen LogP contribution in [-0.4, -0.2) is 6.04 Å². The van der Waals surface area contributed by atoms with Crippen LogP contribution < -0.4 is 5.73 Å². The van der Waals surface area contributed by atoms with Gasteiger partial charge in [0.2, 0.25) is 0 Å². The van der Waals surface area contributed by atoms with Crippen molar-refractivity contribution in [1.82, 2.24) is 0 Å². The maximum absolute atomic E-state index is 5.97. The van der Waals surface area contributed by atoms with Crippen LogP contribution in [0.25, 0.3) is 0 Å². The van der Waals surface area contributed by atoms with E-state index in [1.807, 2.05) is 0 Å². The van der Waals surface area contributed by atoms with Crippen LogP contribution in [0, 0.1) is 0 Å². The number of nitrogens with two attached hydrogens (primary N) is 1. The van der Waals surface area contributed by atoms with Gasteiger partial charge in [-0.15, -0.1) is 0 Å². The summed E-state index contributed by atoms with van der Waals surface area (Å²) in [5.41, 5.74) is 5.97. The normalized spacial score (nSPS) is 13.5. The molecule has 0 aromatic heterocycles. The highest BCUT2D eigenvalue weighted by molar-refractivity contribution is 4.90. The molecule has 0 fully saturated rings. The molecule has 0 amide bonds. The molecule has 0 aliphatic carbocycles. The Morgan fingerprint density at radius 2 is 1.60 bits per heavy atom. The maximum atomic E-state index is 5.97. The zero-order valence-corrected chi connectivity index (χ0v) is 10.7. The van der Waals surface area contributed by atoms with Crippen molar-refractivity contribution in [3.05, 3.63) is 12.2 Å². The Hall–Kier alpha value is -0.300. The lowest BCUT2D eigenvalue weighted by atomic mass is 10.1. The minimum Gasteiger partial charge on any atom is -0.324 e. The standard InChI is InChI=1S/C14H29N/c1-3-5-7-8-9-11-13-14(15)12-10-6-4-2/h10,12,14H,3-9,11,13,15H2,1-2H3/b12-10-. The molecule has 15 heavy (non-hydrogen) atoms. The van der Waals surface area contributed by atoms with Crippen molar-refractivity contribution in [2.45, 2.75) is 77.7 Å². The fourth-order valence-electron chi connectivity index (χ4n) is 1.69. The first kappa shape index (κ1) is 14.7. The Bertz CT molecular complexity index is 140. The Labute approximate surface area is 96.1 Å². The van der Waals surface area contributed by atoms with E-state index in [1.165, 1.54) is 51.4 Å². The van der Waals surface area contributed by atoms with E-state index in [2.05, 4.69) is 26.0 Å². The molecule has 0 aromatic rings. The minimum atomic E-state index is 0.294. The Morgan fingerprint density at radius 3 is 2.27 bits per heavy atom. The van der Waals surface area contributed by atoms with E-state index in [1.54, 1.807) is 0 Å². The zero-order chi connectivity index (χ0) is 11.4. The molecule has 0 heterocycles. The highest BCUT2D eigenvalue weighted by Crippen LogP contribution is 2.08. The van der Waals surface area contributed by atoms with Crippen molar-refractivity contribution < 1.29 is 0 Å². The summed E-state index contributed by atoms with van der Waals surface area (Å²) in [4.78, 5) is 0. The topological polar surface area (TPSA) is 26.0 Å². The molecule has 0 aliphatic heterocycles. The van der Waals surface area contributed by atoms with Crippen LogP contribution in [0.15, 0.2) is 12.2 Å². The largest absolute Gasteiger partial charge is 0.324 e. The summed E-state index contributed by atoms with van der Waals surface area (Å²) in [6.07, 6.45) is 16.1. The van der Waals surface area contributed by atoms with Crippen molar-refractivity contribution in [3.63, 3.8) is 0 Å². The van der Waals surface area contributed by atoms with Crippen LogP contribution >= 0.6 is 0 Å². The van der Waals surface area contributed by atoms with Crippen LogP contribution in [0.1, 0.15) is 71.6 Å². The van der Waals surface area contributed by atoms with Gasteiger partial charge in [0.15, 0.2) is 0 Å². The van der Waals surface area contributed by atoms with Gasteiger partial charge < -0.3 is 5.73 Å². The molecule has 0 aromatic carbocycles. The van der Waals surface area contributed by atoms with Gasteiger partial charge >= 0.3 is 0 Å². The molecule has 90 valence electrons. The third-order valence-corrected chi connectivity index (χ3v) is 2.73. The van der Waals surface area contributed by atoms with Gasteiger partial charge in [-0.3, -0.25) is 0 Å². The van der Waals surface area contributed by atoms with Gasteiger partial charge in [0.25, 0.3) is 0 Å². The molecule has 1 unspecified atom stereocenters. The Morgan fingerprint density at radius 1 is 0.933 bits per heavy atom. The molecular formula is C14H29N. The lowest BCUT2D eigenvalue weighted by Crippen LogP contribution is -2.16. The number of hydrogen-bond donors (Lipinski definition) is 1. The first-order valence-corrected chi connectivity index (χ1v) is 6.73. The monoisotopic (exact) mass is 211 g/mol. The van der Waals surface area contributed by atoms with Crippen molar-refractivity contribution >= 4 is 0 Å². The molecule has 0 bridgehead atoms. The van der Waals surface area contributed by atoms with Gasteiger partial charge in [0.05, 0.1) is 0 Å². The van der Waals surface area contributed by atoms with Crippen molar-refractivity contribution in [3.8, 4) is 0 Å². The first-order chi connectivity index (χ1) is 7.31. The van der Waals surface area contributed by atoms with E-state index in [4.69, 9.17) is 5.73 Å². The summed E-state index contributed by atoms with van der Waals surface area (Å²) in [7, 11) is 0. The fourth-order valence-corrected chi connectivity index (χ4v) is 1.69. The van der Waals surface area contributed by atoms with Gasteiger partial charge in [-0.05, 0) is 12.8 Å². The molecule has 0 saturated heterocycles. The second kappa shape index (κ2) is 11.8.